The Bertz CT molecular complexity index is 185. The minimum Gasteiger partial charge on any atom is -0.300 e. The molecule has 0 N–H and O–H groups in total. The number of nitrogens with zero attached hydrogens (tertiary/aromatic N) is 1. The first kappa shape index (κ1) is 8.31. The second-order valence-electron chi connectivity index (χ2n) is 4.45. The summed E-state index contributed by atoms with van der Waals surface area (Å²) in [6, 6.07) is 0.970. The van der Waals surface area contributed by atoms with Gasteiger partial charge in [0.1, 0.15) is 0 Å². The van der Waals surface area contributed by atoms with Crippen LogP contribution in [0, 0.1) is 5.92 Å². The van der Waals surface area contributed by atoms with Crippen LogP contribution in [-0.4, -0.2) is 24.0 Å². The highest BCUT2D eigenvalue weighted by Gasteiger charge is 2.43. The molecule has 0 amide bonds. The first-order valence-electron chi connectivity index (χ1n) is 5.16. The second-order valence-corrected chi connectivity index (χ2v) is 4.45. The lowest BCUT2D eigenvalue weighted by Gasteiger charge is -2.26. The molecule has 1 nitrogen and oxygen atoms in total. The molecule has 0 bridgehead atoms. The molecule has 0 aromatic rings. The predicted molar refractivity (Wildman–Crippen MR) is 52.1 cm³/mol. The van der Waals surface area contributed by atoms with Gasteiger partial charge in [-0.15, -0.1) is 6.58 Å². The number of hydrogen-bond acceptors (Lipinski definition) is 1. The Morgan fingerprint density at radius 2 is 2.42 bits per heavy atom. The third kappa shape index (κ3) is 1.71. The summed E-state index contributed by atoms with van der Waals surface area (Å²) < 4.78 is 0. The molecule has 1 heteroatoms. The Labute approximate surface area is 75.4 Å². The van der Waals surface area contributed by atoms with Gasteiger partial charge in [-0.05, 0) is 45.1 Å². The smallest absolute Gasteiger partial charge is 0.0127 e. The Morgan fingerprint density at radius 3 is 3.17 bits per heavy atom. The summed E-state index contributed by atoms with van der Waals surface area (Å²) in [6.07, 6.45) is 5.60. The molecule has 1 saturated heterocycles. The second kappa shape index (κ2) is 3.21. The normalized spacial score (nSPS) is 34.4. The molecular formula is C11H19N. The van der Waals surface area contributed by atoms with Gasteiger partial charge >= 0.3 is 0 Å². The van der Waals surface area contributed by atoms with Crippen molar-refractivity contribution in [2.45, 2.75) is 38.6 Å². The van der Waals surface area contributed by atoms with Crippen LogP contribution in [-0.2, 0) is 0 Å². The molecule has 0 spiro atoms. The summed E-state index contributed by atoms with van der Waals surface area (Å²) in [5.41, 5.74) is 1.33. The highest BCUT2D eigenvalue weighted by Crippen LogP contribution is 2.42. The fourth-order valence-electron chi connectivity index (χ4n) is 2.32. The molecule has 1 aliphatic carbocycles. The Morgan fingerprint density at radius 1 is 1.58 bits per heavy atom. The molecule has 12 heavy (non-hydrogen) atoms. The molecule has 2 rings (SSSR count). The summed E-state index contributed by atoms with van der Waals surface area (Å²) in [6.45, 7) is 8.69. The standard InChI is InChI=1S/C11H19N/c1-9(2)5-7-12-6-3-4-10-8-11(10)12/h10-11H,1,3-8H2,2H3/t10-,11+/m1/s1. The highest BCUT2D eigenvalue weighted by molar-refractivity contribution is 4.99. The van der Waals surface area contributed by atoms with Gasteiger partial charge in [-0.25, -0.2) is 0 Å². The van der Waals surface area contributed by atoms with Crippen LogP contribution in [0.3, 0.4) is 0 Å². The number of rotatable bonds is 3. The molecule has 0 radical (unpaired) electrons. The number of piperidine rings is 1. The number of fused-ring (bicyclic) bond motifs is 1. The van der Waals surface area contributed by atoms with Crippen molar-refractivity contribution in [1.29, 1.82) is 0 Å². The number of likely N-dealkylation sites (tertiary alicyclic amines) is 1. The van der Waals surface area contributed by atoms with Gasteiger partial charge in [0, 0.05) is 12.6 Å². The van der Waals surface area contributed by atoms with Crippen molar-refractivity contribution in [3.05, 3.63) is 12.2 Å². The van der Waals surface area contributed by atoms with E-state index in [1.165, 1.54) is 44.3 Å². The third-order valence-electron chi connectivity index (χ3n) is 3.20. The van der Waals surface area contributed by atoms with Crippen LogP contribution in [0.25, 0.3) is 0 Å². The van der Waals surface area contributed by atoms with E-state index in [1.54, 1.807) is 0 Å². The molecular weight excluding hydrogens is 146 g/mol. The maximum Gasteiger partial charge on any atom is 0.0127 e. The predicted octanol–water partition coefficient (Wildman–Crippen LogP) is 2.44. The van der Waals surface area contributed by atoms with E-state index in [2.05, 4.69) is 18.4 Å². The van der Waals surface area contributed by atoms with Crippen molar-refractivity contribution in [3.63, 3.8) is 0 Å². The monoisotopic (exact) mass is 165 g/mol. The van der Waals surface area contributed by atoms with Crippen LogP contribution in [0.1, 0.15) is 32.6 Å². The van der Waals surface area contributed by atoms with Crippen LogP contribution in [0.5, 0.6) is 0 Å². The van der Waals surface area contributed by atoms with Crippen molar-refractivity contribution in [3.8, 4) is 0 Å². The lowest BCUT2D eigenvalue weighted by molar-refractivity contribution is 0.218. The Kier molecular flexibility index (Phi) is 2.22. The van der Waals surface area contributed by atoms with Crippen molar-refractivity contribution in [2.75, 3.05) is 13.1 Å². The lowest BCUT2D eigenvalue weighted by Crippen LogP contribution is -2.32. The van der Waals surface area contributed by atoms with Gasteiger partial charge in [0.15, 0.2) is 0 Å². The first-order valence-corrected chi connectivity index (χ1v) is 5.16. The molecule has 68 valence electrons. The summed E-state index contributed by atoms with van der Waals surface area (Å²) in [7, 11) is 0. The SMILES string of the molecule is C=C(C)CCN1CCC[C@@H]2C[C@@H]21. The van der Waals surface area contributed by atoms with Crippen LogP contribution in [0.2, 0.25) is 0 Å². The summed E-state index contributed by atoms with van der Waals surface area (Å²) in [5, 5.41) is 0. The summed E-state index contributed by atoms with van der Waals surface area (Å²) in [4.78, 5) is 2.67. The van der Waals surface area contributed by atoms with Crippen molar-refractivity contribution in [2.24, 2.45) is 5.92 Å². The van der Waals surface area contributed by atoms with E-state index >= 15 is 0 Å². The zero-order valence-corrected chi connectivity index (χ0v) is 8.05. The summed E-state index contributed by atoms with van der Waals surface area (Å²) in [5.74, 6) is 1.07. The van der Waals surface area contributed by atoms with Gasteiger partial charge in [0.2, 0.25) is 0 Å². The van der Waals surface area contributed by atoms with Gasteiger partial charge in [-0.2, -0.15) is 0 Å². The zero-order chi connectivity index (χ0) is 8.55. The highest BCUT2D eigenvalue weighted by atomic mass is 15.2. The minimum atomic E-state index is 0.970. The van der Waals surface area contributed by atoms with Gasteiger partial charge in [0.25, 0.3) is 0 Å². The third-order valence-corrected chi connectivity index (χ3v) is 3.20. The van der Waals surface area contributed by atoms with E-state index in [4.69, 9.17) is 0 Å². The fourth-order valence-corrected chi connectivity index (χ4v) is 2.32. The molecule has 1 aliphatic heterocycles. The molecule has 0 aromatic heterocycles. The largest absolute Gasteiger partial charge is 0.300 e. The van der Waals surface area contributed by atoms with Gasteiger partial charge in [-0.1, -0.05) is 5.57 Å². The zero-order valence-electron chi connectivity index (χ0n) is 8.05. The van der Waals surface area contributed by atoms with E-state index in [-0.39, 0.29) is 0 Å². The molecule has 2 aliphatic rings. The molecule has 2 atom stereocenters. The Balaban J connectivity index is 1.76. The van der Waals surface area contributed by atoms with Gasteiger partial charge in [0.05, 0.1) is 0 Å². The van der Waals surface area contributed by atoms with Crippen LogP contribution >= 0.6 is 0 Å². The van der Waals surface area contributed by atoms with E-state index in [0.717, 1.165) is 12.0 Å². The minimum absolute atomic E-state index is 0.970. The quantitative estimate of drug-likeness (QED) is 0.581. The molecule has 0 unspecified atom stereocenters. The van der Waals surface area contributed by atoms with Crippen molar-refractivity contribution >= 4 is 0 Å². The average Bonchev–Trinajstić information content (AvgIpc) is 2.78. The topological polar surface area (TPSA) is 3.24 Å². The molecule has 2 fully saturated rings. The first-order chi connectivity index (χ1) is 5.77. The van der Waals surface area contributed by atoms with Gasteiger partial charge in [-0.3, -0.25) is 4.90 Å². The maximum atomic E-state index is 3.95. The van der Waals surface area contributed by atoms with Crippen LogP contribution < -0.4 is 0 Å². The lowest BCUT2D eigenvalue weighted by atomic mass is 10.1. The van der Waals surface area contributed by atoms with Crippen molar-refractivity contribution in [1.82, 2.24) is 4.90 Å². The van der Waals surface area contributed by atoms with E-state index < -0.39 is 0 Å². The van der Waals surface area contributed by atoms with Crippen molar-refractivity contribution < 1.29 is 0 Å². The van der Waals surface area contributed by atoms with Gasteiger partial charge < -0.3 is 0 Å². The fraction of sp³-hybridized carbons (Fsp3) is 0.818. The molecule has 1 saturated carbocycles. The molecule has 0 aromatic carbocycles. The molecule has 1 heterocycles. The summed E-state index contributed by atoms with van der Waals surface area (Å²) >= 11 is 0. The van der Waals surface area contributed by atoms with E-state index in [0.29, 0.717) is 0 Å². The maximum absolute atomic E-state index is 3.95. The average molecular weight is 165 g/mol. The van der Waals surface area contributed by atoms with Crippen LogP contribution in [0.15, 0.2) is 12.2 Å². The van der Waals surface area contributed by atoms with E-state index in [1.807, 2.05) is 0 Å². The van der Waals surface area contributed by atoms with E-state index in [9.17, 15) is 0 Å². The van der Waals surface area contributed by atoms with Crippen LogP contribution in [0.4, 0.5) is 0 Å². The Hall–Kier alpha value is -0.300. The number of hydrogen-bond donors (Lipinski definition) is 0.